The molecule has 2 nitrogen and oxygen atoms in total. The van der Waals surface area contributed by atoms with Crippen LogP contribution in [-0.2, 0) is 12.0 Å². The third kappa shape index (κ3) is 1.67. The quantitative estimate of drug-likeness (QED) is 0.784. The van der Waals surface area contributed by atoms with Crippen LogP contribution in [0, 0.1) is 0 Å². The van der Waals surface area contributed by atoms with Crippen LogP contribution in [0.2, 0.25) is 0 Å². The minimum Gasteiger partial charge on any atom is -0.358 e. The van der Waals surface area contributed by atoms with E-state index in [1.54, 1.807) is 0 Å². The van der Waals surface area contributed by atoms with Gasteiger partial charge < -0.3 is 10.3 Å². The SMILES string of the molecule is CC(C)c1ccc2[nH]c3c(c2c1)CNCC3(C)C. The van der Waals surface area contributed by atoms with Crippen molar-refractivity contribution in [1.82, 2.24) is 10.3 Å². The molecule has 0 saturated heterocycles. The molecular weight excluding hydrogens is 220 g/mol. The molecule has 1 aliphatic rings. The summed E-state index contributed by atoms with van der Waals surface area (Å²) >= 11 is 0. The van der Waals surface area contributed by atoms with Crippen LogP contribution in [0.4, 0.5) is 0 Å². The van der Waals surface area contributed by atoms with Crippen molar-refractivity contribution in [2.45, 2.75) is 45.6 Å². The lowest BCUT2D eigenvalue weighted by Gasteiger charge is -2.30. The third-order valence-corrected chi connectivity index (χ3v) is 4.14. The fourth-order valence-corrected chi connectivity index (χ4v) is 2.97. The van der Waals surface area contributed by atoms with E-state index in [2.05, 4.69) is 56.2 Å². The molecule has 0 spiro atoms. The normalized spacial score (nSPS) is 18.3. The molecule has 1 aromatic heterocycles. The van der Waals surface area contributed by atoms with Gasteiger partial charge in [-0.15, -0.1) is 0 Å². The fraction of sp³-hybridized carbons (Fsp3) is 0.500. The van der Waals surface area contributed by atoms with Crippen LogP contribution in [0.5, 0.6) is 0 Å². The average Bonchev–Trinajstić information content (AvgIpc) is 2.68. The van der Waals surface area contributed by atoms with Crippen LogP contribution in [0.3, 0.4) is 0 Å². The Kier molecular flexibility index (Phi) is 2.53. The summed E-state index contributed by atoms with van der Waals surface area (Å²) in [6.07, 6.45) is 0. The highest BCUT2D eigenvalue weighted by molar-refractivity contribution is 5.86. The van der Waals surface area contributed by atoms with Crippen molar-refractivity contribution in [3.8, 4) is 0 Å². The number of fused-ring (bicyclic) bond motifs is 3. The predicted octanol–water partition coefficient (Wildman–Crippen LogP) is 3.67. The molecule has 0 radical (unpaired) electrons. The van der Waals surface area contributed by atoms with E-state index < -0.39 is 0 Å². The summed E-state index contributed by atoms with van der Waals surface area (Å²) in [6.45, 7) is 11.1. The van der Waals surface area contributed by atoms with E-state index in [0.717, 1.165) is 13.1 Å². The molecule has 3 rings (SSSR count). The standard InChI is InChI=1S/C16H22N2/c1-10(2)11-5-6-14-12(7-11)13-8-17-9-16(3,4)15(13)18-14/h5-7,10,17-18H,8-9H2,1-4H3. The first-order chi connectivity index (χ1) is 8.49. The first-order valence-corrected chi connectivity index (χ1v) is 6.85. The Morgan fingerprint density at radius 3 is 2.72 bits per heavy atom. The van der Waals surface area contributed by atoms with Gasteiger partial charge in [0.05, 0.1) is 0 Å². The highest BCUT2D eigenvalue weighted by Gasteiger charge is 2.30. The van der Waals surface area contributed by atoms with Gasteiger partial charge >= 0.3 is 0 Å². The molecule has 0 amide bonds. The second-order valence-corrected chi connectivity index (χ2v) is 6.43. The van der Waals surface area contributed by atoms with Crippen molar-refractivity contribution in [3.05, 3.63) is 35.0 Å². The smallest absolute Gasteiger partial charge is 0.0459 e. The maximum absolute atomic E-state index is 3.63. The van der Waals surface area contributed by atoms with Crippen LogP contribution in [-0.4, -0.2) is 11.5 Å². The van der Waals surface area contributed by atoms with Gasteiger partial charge in [-0.25, -0.2) is 0 Å². The summed E-state index contributed by atoms with van der Waals surface area (Å²) < 4.78 is 0. The van der Waals surface area contributed by atoms with Gasteiger partial charge in [0.15, 0.2) is 0 Å². The summed E-state index contributed by atoms with van der Waals surface area (Å²) in [5, 5.41) is 4.94. The summed E-state index contributed by atoms with van der Waals surface area (Å²) in [4.78, 5) is 3.63. The zero-order valence-corrected chi connectivity index (χ0v) is 11.7. The van der Waals surface area contributed by atoms with E-state index in [-0.39, 0.29) is 5.41 Å². The Labute approximate surface area is 109 Å². The number of H-pyrrole nitrogens is 1. The van der Waals surface area contributed by atoms with Crippen LogP contribution < -0.4 is 5.32 Å². The monoisotopic (exact) mass is 242 g/mol. The van der Waals surface area contributed by atoms with Gasteiger partial charge in [-0.1, -0.05) is 33.8 Å². The highest BCUT2D eigenvalue weighted by Crippen LogP contribution is 2.35. The molecule has 2 N–H and O–H groups in total. The Hall–Kier alpha value is -1.28. The first-order valence-electron chi connectivity index (χ1n) is 6.85. The molecule has 2 aromatic rings. The molecule has 0 fully saturated rings. The molecule has 18 heavy (non-hydrogen) atoms. The van der Waals surface area contributed by atoms with Crippen molar-refractivity contribution >= 4 is 10.9 Å². The Morgan fingerprint density at radius 2 is 2.00 bits per heavy atom. The molecule has 2 heterocycles. The molecule has 1 aromatic carbocycles. The van der Waals surface area contributed by atoms with E-state index >= 15 is 0 Å². The number of aromatic amines is 1. The van der Waals surface area contributed by atoms with Gasteiger partial charge in [-0.3, -0.25) is 0 Å². The number of aromatic nitrogens is 1. The van der Waals surface area contributed by atoms with Crippen molar-refractivity contribution in [3.63, 3.8) is 0 Å². The van der Waals surface area contributed by atoms with Crippen molar-refractivity contribution in [1.29, 1.82) is 0 Å². The Morgan fingerprint density at radius 1 is 1.22 bits per heavy atom. The fourth-order valence-electron chi connectivity index (χ4n) is 2.97. The molecule has 96 valence electrons. The summed E-state index contributed by atoms with van der Waals surface area (Å²) in [5.41, 5.74) is 5.78. The van der Waals surface area contributed by atoms with Gasteiger partial charge in [-0.2, -0.15) is 0 Å². The maximum Gasteiger partial charge on any atom is 0.0459 e. The number of rotatable bonds is 1. The van der Waals surface area contributed by atoms with Crippen LogP contribution >= 0.6 is 0 Å². The highest BCUT2D eigenvalue weighted by atomic mass is 14.9. The lowest BCUT2D eigenvalue weighted by molar-refractivity contribution is 0.427. The van der Waals surface area contributed by atoms with E-state index in [0.29, 0.717) is 5.92 Å². The van der Waals surface area contributed by atoms with E-state index in [1.807, 2.05) is 0 Å². The summed E-state index contributed by atoms with van der Waals surface area (Å²) in [6, 6.07) is 6.84. The molecule has 1 aliphatic heterocycles. The Balaban J connectivity index is 2.25. The van der Waals surface area contributed by atoms with Gasteiger partial charge in [-0.05, 0) is 29.2 Å². The lowest BCUT2D eigenvalue weighted by atomic mass is 9.83. The van der Waals surface area contributed by atoms with Gasteiger partial charge in [0.1, 0.15) is 0 Å². The number of hydrogen-bond acceptors (Lipinski definition) is 1. The molecule has 0 atom stereocenters. The van der Waals surface area contributed by atoms with Crippen LogP contribution in [0.1, 0.15) is 50.4 Å². The molecule has 0 aliphatic carbocycles. The first kappa shape index (κ1) is 11.8. The van der Waals surface area contributed by atoms with Crippen molar-refractivity contribution in [2.24, 2.45) is 0 Å². The van der Waals surface area contributed by atoms with Crippen LogP contribution in [0.15, 0.2) is 18.2 Å². The molecule has 0 unspecified atom stereocenters. The molecule has 0 saturated carbocycles. The largest absolute Gasteiger partial charge is 0.358 e. The minimum atomic E-state index is 0.199. The Bertz CT molecular complexity index is 590. The molecule has 2 heteroatoms. The van der Waals surface area contributed by atoms with Gasteiger partial charge in [0, 0.05) is 35.1 Å². The zero-order valence-electron chi connectivity index (χ0n) is 11.7. The topological polar surface area (TPSA) is 27.8 Å². The minimum absolute atomic E-state index is 0.199. The molecular formula is C16H22N2. The van der Waals surface area contributed by atoms with Crippen molar-refractivity contribution in [2.75, 3.05) is 6.54 Å². The summed E-state index contributed by atoms with van der Waals surface area (Å²) in [7, 11) is 0. The maximum atomic E-state index is 3.63. The third-order valence-electron chi connectivity index (χ3n) is 4.14. The van der Waals surface area contributed by atoms with Gasteiger partial charge in [0.25, 0.3) is 0 Å². The van der Waals surface area contributed by atoms with Crippen molar-refractivity contribution < 1.29 is 0 Å². The molecule has 0 bridgehead atoms. The lowest BCUT2D eigenvalue weighted by Crippen LogP contribution is -2.38. The predicted molar refractivity (Wildman–Crippen MR) is 77.1 cm³/mol. The summed E-state index contributed by atoms with van der Waals surface area (Å²) in [5.74, 6) is 0.588. The van der Waals surface area contributed by atoms with E-state index in [4.69, 9.17) is 0 Å². The second-order valence-electron chi connectivity index (χ2n) is 6.43. The van der Waals surface area contributed by atoms with E-state index in [9.17, 15) is 0 Å². The number of hydrogen-bond donors (Lipinski definition) is 2. The second kappa shape index (κ2) is 3.86. The van der Waals surface area contributed by atoms with E-state index in [1.165, 1.54) is 27.7 Å². The zero-order chi connectivity index (χ0) is 12.9. The van der Waals surface area contributed by atoms with Gasteiger partial charge in [0.2, 0.25) is 0 Å². The number of benzene rings is 1. The van der Waals surface area contributed by atoms with Crippen LogP contribution in [0.25, 0.3) is 10.9 Å². The number of nitrogens with one attached hydrogen (secondary N) is 2. The average molecular weight is 242 g/mol.